The lowest BCUT2D eigenvalue weighted by atomic mass is 9.87. The van der Waals surface area contributed by atoms with E-state index in [-0.39, 0.29) is 0 Å². The molecule has 0 bridgehead atoms. The van der Waals surface area contributed by atoms with Gasteiger partial charge in [-0.3, -0.25) is 11.3 Å². The standard InChI is InChI=1S/C16H24N2/c1-10-4-3-5-11(2)15(10)9-16(18-17)14-7-12-6-13(12)8-14/h3-5,12-14,16,18H,6-9,17H2,1-2H3. The van der Waals surface area contributed by atoms with Crippen LogP contribution >= 0.6 is 0 Å². The highest BCUT2D eigenvalue weighted by Crippen LogP contribution is 2.55. The molecule has 2 aliphatic carbocycles. The lowest BCUT2D eigenvalue weighted by Gasteiger charge is -2.25. The third-order valence-corrected chi connectivity index (χ3v) is 5.13. The first-order chi connectivity index (χ1) is 8.69. The molecule has 0 aromatic heterocycles. The number of benzene rings is 1. The van der Waals surface area contributed by atoms with E-state index in [0.717, 1.165) is 24.2 Å². The molecular formula is C16H24N2. The lowest BCUT2D eigenvalue weighted by molar-refractivity contribution is 0.335. The van der Waals surface area contributed by atoms with Crippen LogP contribution in [0.25, 0.3) is 0 Å². The molecule has 0 amide bonds. The fourth-order valence-electron chi connectivity index (χ4n) is 3.84. The van der Waals surface area contributed by atoms with Gasteiger partial charge in [0.05, 0.1) is 0 Å². The minimum atomic E-state index is 0.456. The number of nitrogens with two attached hydrogens (primary N) is 1. The van der Waals surface area contributed by atoms with Crippen LogP contribution in [0.15, 0.2) is 18.2 Å². The molecule has 0 spiro atoms. The van der Waals surface area contributed by atoms with Crippen molar-refractivity contribution in [3.63, 3.8) is 0 Å². The molecule has 3 N–H and O–H groups in total. The van der Waals surface area contributed by atoms with Gasteiger partial charge in [-0.05, 0) is 74.0 Å². The van der Waals surface area contributed by atoms with Crippen LogP contribution in [0.5, 0.6) is 0 Å². The van der Waals surface area contributed by atoms with Crippen LogP contribution in [0.4, 0.5) is 0 Å². The Morgan fingerprint density at radius 3 is 2.33 bits per heavy atom. The Hall–Kier alpha value is -0.860. The molecule has 0 saturated heterocycles. The van der Waals surface area contributed by atoms with E-state index >= 15 is 0 Å². The molecule has 3 rings (SSSR count). The van der Waals surface area contributed by atoms with Crippen molar-refractivity contribution in [2.75, 3.05) is 0 Å². The number of nitrogens with one attached hydrogen (secondary N) is 1. The fourth-order valence-corrected chi connectivity index (χ4v) is 3.84. The summed E-state index contributed by atoms with van der Waals surface area (Å²) in [5.74, 6) is 8.66. The first kappa shape index (κ1) is 12.2. The van der Waals surface area contributed by atoms with Gasteiger partial charge in [-0.25, -0.2) is 0 Å². The molecule has 98 valence electrons. The summed E-state index contributed by atoms with van der Waals surface area (Å²) in [5.41, 5.74) is 7.38. The second-order valence-electron chi connectivity index (χ2n) is 6.33. The Bertz CT molecular complexity index is 410. The van der Waals surface area contributed by atoms with Crippen LogP contribution in [0.2, 0.25) is 0 Å². The Labute approximate surface area is 110 Å². The number of fused-ring (bicyclic) bond motifs is 1. The Balaban J connectivity index is 1.73. The molecule has 2 aliphatic rings. The van der Waals surface area contributed by atoms with Crippen LogP contribution in [-0.4, -0.2) is 6.04 Å². The Morgan fingerprint density at radius 1 is 1.17 bits per heavy atom. The highest BCUT2D eigenvalue weighted by atomic mass is 15.2. The Morgan fingerprint density at radius 2 is 1.78 bits per heavy atom. The van der Waals surface area contributed by atoms with Gasteiger partial charge in [0.25, 0.3) is 0 Å². The molecule has 0 aliphatic heterocycles. The number of rotatable bonds is 4. The fraction of sp³-hybridized carbons (Fsp3) is 0.625. The smallest absolute Gasteiger partial charge is 0.0279 e. The molecule has 0 heterocycles. The number of aryl methyl sites for hydroxylation is 2. The van der Waals surface area contributed by atoms with Crippen LogP contribution in [0, 0.1) is 31.6 Å². The zero-order valence-corrected chi connectivity index (χ0v) is 11.4. The van der Waals surface area contributed by atoms with Crippen molar-refractivity contribution in [3.05, 3.63) is 34.9 Å². The summed E-state index contributed by atoms with van der Waals surface area (Å²) in [6.45, 7) is 4.42. The van der Waals surface area contributed by atoms with Gasteiger partial charge in [0, 0.05) is 6.04 Å². The topological polar surface area (TPSA) is 38.0 Å². The van der Waals surface area contributed by atoms with Crippen molar-refractivity contribution < 1.29 is 0 Å². The van der Waals surface area contributed by atoms with Gasteiger partial charge < -0.3 is 0 Å². The van der Waals surface area contributed by atoms with Crippen LogP contribution in [0.3, 0.4) is 0 Å². The number of hydrogen-bond acceptors (Lipinski definition) is 2. The van der Waals surface area contributed by atoms with Crippen molar-refractivity contribution in [1.29, 1.82) is 0 Å². The van der Waals surface area contributed by atoms with Gasteiger partial charge >= 0.3 is 0 Å². The lowest BCUT2D eigenvalue weighted by Crippen LogP contribution is -2.42. The second-order valence-corrected chi connectivity index (χ2v) is 6.33. The minimum absolute atomic E-state index is 0.456. The quantitative estimate of drug-likeness (QED) is 0.631. The normalized spacial score (nSPS) is 31.2. The van der Waals surface area contributed by atoms with E-state index in [1.54, 1.807) is 0 Å². The van der Waals surface area contributed by atoms with E-state index in [1.807, 2.05) is 0 Å². The van der Waals surface area contributed by atoms with Crippen molar-refractivity contribution >= 4 is 0 Å². The first-order valence-electron chi connectivity index (χ1n) is 7.20. The van der Waals surface area contributed by atoms with Gasteiger partial charge in [0.15, 0.2) is 0 Å². The molecule has 3 unspecified atom stereocenters. The van der Waals surface area contributed by atoms with E-state index in [1.165, 1.54) is 36.0 Å². The number of hydrazine groups is 1. The molecule has 2 saturated carbocycles. The zero-order chi connectivity index (χ0) is 12.7. The third kappa shape index (κ3) is 2.19. The molecule has 2 nitrogen and oxygen atoms in total. The van der Waals surface area contributed by atoms with Crippen LogP contribution in [-0.2, 0) is 6.42 Å². The van der Waals surface area contributed by atoms with Crippen molar-refractivity contribution in [1.82, 2.24) is 5.43 Å². The first-order valence-corrected chi connectivity index (χ1v) is 7.20. The van der Waals surface area contributed by atoms with Crippen LogP contribution in [0.1, 0.15) is 36.0 Å². The molecule has 1 aromatic carbocycles. The average Bonchev–Trinajstić information content (AvgIpc) is 2.96. The van der Waals surface area contributed by atoms with Crippen molar-refractivity contribution in [3.8, 4) is 0 Å². The highest BCUT2D eigenvalue weighted by Gasteiger charge is 2.47. The molecule has 18 heavy (non-hydrogen) atoms. The van der Waals surface area contributed by atoms with Crippen LogP contribution < -0.4 is 11.3 Å². The summed E-state index contributed by atoms with van der Waals surface area (Å²) in [7, 11) is 0. The molecular weight excluding hydrogens is 220 g/mol. The summed E-state index contributed by atoms with van der Waals surface area (Å²) in [6, 6.07) is 7.02. The third-order valence-electron chi connectivity index (χ3n) is 5.13. The Kier molecular flexibility index (Phi) is 3.16. The average molecular weight is 244 g/mol. The van der Waals surface area contributed by atoms with E-state index < -0.39 is 0 Å². The molecule has 2 heteroatoms. The molecule has 2 fully saturated rings. The summed E-state index contributed by atoms with van der Waals surface area (Å²) in [5, 5.41) is 0. The predicted molar refractivity (Wildman–Crippen MR) is 75.1 cm³/mol. The summed E-state index contributed by atoms with van der Waals surface area (Å²) >= 11 is 0. The SMILES string of the molecule is Cc1cccc(C)c1CC(NN)C1CC2CC2C1. The van der Waals surface area contributed by atoms with Gasteiger partial charge in [0.2, 0.25) is 0 Å². The molecule has 3 atom stereocenters. The maximum absolute atomic E-state index is 5.81. The monoisotopic (exact) mass is 244 g/mol. The maximum Gasteiger partial charge on any atom is 0.0279 e. The van der Waals surface area contributed by atoms with E-state index in [4.69, 9.17) is 5.84 Å². The summed E-state index contributed by atoms with van der Waals surface area (Å²) < 4.78 is 0. The van der Waals surface area contributed by atoms with E-state index in [0.29, 0.717) is 6.04 Å². The van der Waals surface area contributed by atoms with Gasteiger partial charge in [-0.15, -0.1) is 0 Å². The van der Waals surface area contributed by atoms with Crippen molar-refractivity contribution in [2.45, 2.75) is 45.6 Å². The van der Waals surface area contributed by atoms with Gasteiger partial charge in [0.1, 0.15) is 0 Å². The molecule has 1 aromatic rings. The number of hydrogen-bond donors (Lipinski definition) is 2. The second kappa shape index (κ2) is 4.67. The van der Waals surface area contributed by atoms with E-state index in [9.17, 15) is 0 Å². The van der Waals surface area contributed by atoms with Gasteiger partial charge in [-0.1, -0.05) is 18.2 Å². The van der Waals surface area contributed by atoms with E-state index in [2.05, 4.69) is 37.5 Å². The van der Waals surface area contributed by atoms with Crippen molar-refractivity contribution in [2.24, 2.45) is 23.6 Å². The molecule has 0 radical (unpaired) electrons. The predicted octanol–water partition coefficient (Wildman–Crippen LogP) is 2.72. The zero-order valence-electron chi connectivity index (χ0n) is 11.4. The largest absolute Gasteiger partial charge is 0.271 e. The van der Waals surface area contributed by atoms with Gasteiger partial charge in [-0.2, -0.15) is 0 Å². The summed E-state index contributed by atoms with van der Waals surface area (Å²) in [6.07, 6.45) is 5.35. The minimum Gasteiger partial charge on any atom is -0.271 e. The summed E-state index contributed by atoms with van der Waals surface area (Å²) in [4.78, 5) is 0. The highest BCUT2D eigenvalue weighted by molar-refractivity contribution is 5.34. The maximum atomic E-state index is 5.81.